The Morgan fingerprint density at radius 3 is 1.64 bits per heavy atom. The number of allylic oxidation sites excluding steroid dienone is 1. The minimum Gasteiger partial charge on any atom is -0.103 e. The van der Waals surface area contributed by atoms with Gasteiger partial charge in [-0.25, -0.2) is 0 Å². The van der Waals surface area contributed by atoms with Crippen molar-refractivity contribution < 1.29 is 0 Å². The molecule has 0 aromatic rings. The van der Waals surface area contributed by atoms with Crippen molar-refractivity contribution in [1.82, 2.24) is 0 Å². The standard InChI is InChI=1S/C14H28/c1-9-12(14(6,7)8)10-11(2)13(3,4)5/h9,11-12H,1,10H2,2-8H3. The van der Waals surface area contributed by atoms with Crippen molar-refractivity contribution in [3.05, 3.63) is 12.7 Å². The minimum absolute atomic E-state index is 0.348. The van der Waals surface area contributed by atoms with Crippen LogP contribution >= 0.6 is 0 Å². The van der Waals surface area contributed by atoms with Crippen LogP contribution in [0.1, 0.15) is 54.9 Å². The molecule has 84 valence electrons. The van der Waals surface area contributed by atoms with Crippen molar-refractivity contribution >= 4 is 0 Å². The van der Waals surface area contributed by atoms with E-state index in [1.54, 1.807) is 0 Å². The van der Waals surface area contributed by atoms with E-state index in [9.17, 15) is 0 Å². The third-order valence-corrected chi connectivity index (χ3v) is 3.48. The molecule has 0 radical (unpaired) electrons. The predicted molar refractivity (Wildman–Crippen MR) is 66.4 cm³/mol. The summed E-state index contributed by atoms with van der Waals surface area (Å²) < 4.78 is 0. The van der Waals surface area contributed by atoms with Crippen LogP contribution in [0, 0.1) is 22.7 Å². The molecule has 0 nitrogen and oxygen atoms in total. The zero-order chi connectivity index (χ0) is 11.6. The van der Waals surface area contributed by atoms with Gasteiger partial charge in [-0.2, -0.15) is 0 Å². The summed E-state index contributed by atoms with van der Waals surface area (Å²) in [5.41, 5.74) is 0.758. The summed E-state index contributed by atoms with van der Waals surface area (Å²) >= 11 is 0. The van der Waals surface area contributed by atoms with E-state index >= 15 is 0 Å². The summed E-state index contributed by atoms with van der Waals surface area (Å²) in [4.78, 5) is 0. The van der Waals surface area contributed by atoms with E-state index in [-0.39, 0.29) is 0 Å². The van der Waals surface area contributed by atoms with Crippen LogP contribution in [0.2, 0.25) is 0 Å². The third-order valence-electron chi connectivity index (χ3n) is 3.48. The van der Waals surface area contributed by atoms with Gasteiger partial charge in [0.15, 0.2) is 0 Å². The van der Waals surface area contributed by atoms with Crippen LogP contribution in [-0.2, 0) is 0 Å². The van der Waals surface area contributed by atoms with Crippen molar-refractivity contribution in [3.63, 3.8) is 0 Å². The van der Waals surface area contributed by atoms with Crippen LogP contribution in [0.25, 0.3) is 0 Å². The van der Waals surface area contributed by atoms with Crippen LogP contribution in [0.4, 0.5) is 0 Å². The number of hydrogen-bond donors (Lipinski definition) is 0. The first-order chi connectivity index (χ1) is 6.09. The molecule has 0 saturated heterocycles. The molecular weight excluding hydrogens is 168 g/mol. The lowest BCUT2D eigenvalue weighted by Crippen LogP contribution is -2.26. The molecule has 0 aromatic heterocycles. The maximum atomic E-state index is 3.96. The van der Waals surface area contributed by atoms with E-state index in [4.69, 9.17) is 0 Å². The molecule has 0 aromatic carbocycles. The average Bonchev–Trinajstić information content (AvgIpc) is 1.95. The fraction of sp³-hybridized carbons (Fsp3) is 0.857. The molecule has 0 fully saturated rings. The summed E-state index contributed by atoms with van der Waals surface area (Å²) in [5.74, 6) is 1.36. The van der Waals surface area contributed by atoms with Gasteiger partial charge in [0.2, 0.25) is 0 Å². The zero-order valence-electron chi connectivity index (χ0n) is 11.1. The van der Waals surface area contributed by atoms with Gasteiger partial charge in [0.1, 0.15) is 0 Å². The second-order valence-corrected chi connectivity index (χ2v) is 6.71. The molecule has 2 unspecified atom stereocenters. The van der Waals surface area contributed by atoms with Gasteiger partial charge in [-0.1, -0.05) is 54.5 Å². The number of rotatable bonds is 3. The molecule has 0 saturated carbocycles. The summed E-state index contributed by atoms with van der Waals surface area (Å²) in [7, 11) is 0. The van der Waals surface area contributed by atoms with Gasteiger partial charge in [-0.3, -0.25) is 0 Å². The van der Waals surface area contributed by atoms with Crippen LogP contribution in [-0.4, -0.2) is 0 Å². The molecule has 0 N–H and O–H groups in total. The maximum Gasteiger partial charge on any atom is -0.0185 e. The molecule has 0 amide bonds. The van der Waals surface area contributed by atoms with E-state index in [2.05, 4.69) is 61.1 Å². The monoisotopic (exact) mass is 196 g/mol. The van der Waals surface area contributed by atoms with E-state index in [1.807, 2.05) is 0 Å². The quantitative estimate of drug-likeness (QED) is 0.563. The van der Waals surface area contributed by atoms with E-state index in [0.717, 1.165) is 5.92 Å². The molecule has 0 aliphatic heterocycles. The first-order valence-electron chi connectivity index (χ1n) is 5.71. The normalized spacial score (nSPS) is 17.6. The largest absolute Gasteiger partial charge is 0.103 e. The van der Waals surface area contributed by atoms with Crippen LogP contribution in [0.3, 0.4) is 0 Å². The van der Waals surface area contributed by atoms with E-state index in [1.165, 1.54) is 6.42 Å². The molecule has 0 spiro atoms. The highest BCUT2D eigenvalue weighted by Gasteiger charge is 2.28. The molecular formula is C14H28. The molecule has 14 heavy (non-hydrogen) atoms. The minimum atomic E-state index is 0.348. The fourth-order valence-electron chi connectivity index (χ4n) is 1.54. The lowest BCUT2D eigenvalue weighted by Gasteiger charge is -2.35. The Bertz CT molecular complexity index is 175. The Balaban J connectivity index is 4.42. The molecule has 0 heteroatoms. The van der Waals surface area contributed by atoms with Gasteiger partial charge >= 0.3 is 0 Å². The van der Waals surface area contributed by atoms with Gasteiger partial charge in [-0.05, 0) is 29.1 Å². The highest BCUT2D eigenvalue weighted by molar-refractivity contribution is 4.90. The summed E-state index contributed by atoms with van der Waals surface area (Å²) in [6.07, 6.45) is 3.37. The van der Waals surface area contributed by atoms with E-state index in [0.29, 0.717) is 16.7 Å². The zero-order valence-corrected chi connectivity index (χ0v) is 11.1. The van der Waals surface area contributed by atoms with Crippen molar-refractivity contribution in [2.24, 2.45) is 22.7 Å². The van der Waals surface area contributed by atoms with Crippen molar-refractivity contribution in [2.75, 3.05) is 0 Å². The second kappa shape index (κ2) is 4.51. The van der Waals surface area contributed by atoms with E-state index < -0.39 is 0 Å². The van der Waals surface area contributed by atoms with Crippen LogP contribution in [0.5, 0.6) is 0 Å². The molecule has 0 bridgehead atoms. The molecule has 2 atom stereocenters. The Morgan fingerprint density at radius 1 is 1.00 bits per heavy atom. The van der Waals surface area contributed by atoms with Crippen molar-refractivity contribution in [2.45, 2.75) is 54.9 Å². The lowest BCUT2D eigenvalue weighted by molar-refractivity contribution is 0.174. The topological polar surface area (TPSA) is 0 Å². The fourth-order valence-corrected chi connectivity index (χ4v) is 1.54. The predicted octanol–water partition coefficient (Wildman–Crippen LogP) is 4.91. The molecule has 0 rings (SSSR count). The Morgan fingerprint density at radius 2 is 1.43 bits per heavy atom. The Labute approximate surface area is 90.8 Å². The SMILES string of the molecule is C=CC(CC(C)C(C)(C)C)C(C)(C)C. The van der Waals surface area contributed by atoms with Gasteiger partial charge in [-0.15, -0.1) is 6.58 Å². The molecule has 0 aliphatic rings. The van der Waals surface area contributed by atoms with Gasteiger partial charge in [0.05, 0.1) is 0 Å². The highest BCUT2D eigenvalue weighted by Crippen LogP contribution is 2.37. The molecule has 0 heterocycles. The molecule has 0 aliphatic carbocycles. The van der Waals surface area contributed by atoms with Gasteiger partial charge < -0.3 is 0 Å². The second-order valence-electron chi connectivity index (χ2n) is 6.71. The Hall–Kier alpha value is -0.260. The van der Waals surface area contributed by atoms with Crippen LogP contribution < -0.4 is 0 Å². The first-order valence-corrected chi connectivity index (χ1v) is 5.71. The summed E-state index contributed by atoms with van der Waals surface area (Å²) in [6.45, 7) is 20.2. The summed E-state index contributed by atoms with van der Waals surface area (Å²) in [5, 5.41) is 0. The van der Waals surface area contributed by atoms with Gasteiger partial charge in [0.25, 0.3) is 0 Å². The summed E-state index contributed by atoms with van der Waals surface area (Å²) in [6, 6.07) is 0. The van der Waals surface area contributed by atoms with Gasteiger partial charge in [0, 0.05) is 0 Å². The smallest absolute Gasteiger partial charge is 0.0185 e. The van der Waals surface area contributed by atoms with Crippen LogP contribution in [0.15, 0.2) is 12.7 Å². The van der Waals surface area contributed by atoms with Crippen molar-refractivity contribution in [1.29, 1.82) is 0 Å². The Kier molecular flexibility index (Phi) is 4.42. The third kappa shape index (κ3) is 4.30. The average molecular weight is 196 g/mol. The van der Waals surface area contributed by atoms with Crippen molar-refractivity contribution in [3.8, 4) is 0 Å². The maximum absolute atomic E-state index is 3.96. The highest BCUT2D eigenvalue weighted by atomic mass is 14.3. The first kappa shape index (κ1) is 13.7. The number of hydrogen-bond acceptors (Lipinski definition) is 0. The lowest BCUT2D eigenvalue weighted by atomic mass is 9.70.